The summed E-state index contributed by atoms with van der Waals surface area (Å²) in [7, 11) is 3.42. The Kier molecular flexibility index (Phi) is 6.08. The van der Waals surface area contributed by atoms with Crippen molar-refractivity contribution < 1.29 is 9.53 Å². The second-order valence-corrected chi connectivity index (χ2v) is 4.13. The minimum absolute atomic E-state index is 0.243. The first-order chi connectivity index (χ1) is 8.67. The van der Waals surface area contributed by atoms with Crippen LogP contribution in [0.5, 0.6) is 0 Å². The highest BCUT2D eigenvalue weighted by molar-refractivity contribution is 5.88. The molecule has 0 N–H and O–H groups in total. The van der Waals surface area contributed by atoms with Gasteiger partial charge in [0, 0.05) is 31.1 Å². The molecule has 0 radical (unpaired) electrons. The Labute approximate surface area is 108 Å². The van der Waals surface area contributed by atoms with Crippen LogP contribution in [0.2, 0.25) is 0 Å². The number of carbonyl (C=O) groups excluding carboxylic acids is 1. The van der Waals surface area contributed by atoms with Gasteiger partial charge in [-0.2, -0.15) is 0 Å². The van der Waals surface area contributed by atoms with Gasteiger partial charge in [0.2, 0.25) is 0 Å². The molecule has 0 aliphatic heterocycles. The third kappa shape index (κ3) is 4.67. The zero-order valence-electron chi connectivity index (χ0n) is 11.2. The first-order valence-corrected chi connectivity index (χ1v) is 6.02. The van der Waals surface area contributed by atoms with Crippen molar-refractivity contribution in [2.75, 3.05) is 20.7 Å². The fourth-order valence-corrected chi connectivity index (χ4v) is 1.64. The predicted octanol–water partition coefficient (Wildman–Crippen LogP) is 2.02. The Morgan fingerprint density at radius 2 is 2.33 bits per heavy atom. The zero-order valence-corrected chi connectivity index (χ0v) is 11.2. The monoisotopic (exact) mass is 248 g/mol. The number of carbonyl (C=O) groups is 1. The summed E-state index contributed by atoms with van der Waals surface area (Å²) < 4.78 is 4.72. The van der Waals surface area contributed by atoms with Crippen LogP contribution in [0, 0.1) is 0 Å². The smallest absolute Gasteiger partial charge is 0.333 e. The summed E-state index contributed by atoms with van der Waals surface area (Å²) in [6, 6.07) is 3.96. The average Bonchev–Trinajstić information content (AvgIpc) is 2.40. The zero-order chi connectivity index (χ0) is 13.4. The van der Waals surface area contributed by atoms with Crippen molar-refractivity contribution in [2.45, 2.75) is 19.9 Å². The number of rotatable bonds is 6. The van der Waals surface area contributed by atoms with Gasteiger partial charge in [-0.3, -0.25) is 9.88 Å². The lowest BCUT2D eigenvalue weighted by Crippen LogP contribution is -2.19. The molecule has 0 fully saturated rings. The molecule has 1 aromatic rings. The third-order valence-corrected chi connectivity index (χ3v) is 2.65. The summed E-state index contributed by atoms with van der Waals surface area (Å²) in [6.07, 6.45) is 6.21. The second kappa shape index (κ2) is 7.61. The summed E-state index contributed by atoms with van der Waals surface area (Å²) in [6.45, 7) is 3.47. The van der Waals surface area contributed by atoms with E-state index in [1.165, 1.54) is 7.11 Å². The number of hydrogen-bond donors (Lipinski definition) is 0. The van der Waals surface area contributed by atoms with Gasteiger partial charge >= 0.3 is 5.97 Å². The summed E-state index contributed by atoms with van der Waals surface area (Å²) in [5, 5.41) is 0. The lowest BCUT2D eigenvalue weighted by molar-refractivity contribution is -0.136. The van der Waals surface area contributed by atoms with Crippen molar-refractivity contribution >= 4 is 5.97 Å². The molecular weight excluding hydrogens is 228 g/mol. The van der Waals surface area contributed by atoms with Crippen molar-refractivity contribution in [3.8, 4) is 0 Å². The first-order valence-electron chi connectivity index (χ1n) is 6.02. The minimum atomic E-state index is -0.243. The van der Waals surface area contributed by atoms with Crippen LogP contribution in [0.4, 0.5) is 0 Å². The van der Waals surface area contributed by atoms with Gasteiger partial charge in [0.15, 0.2) is 0 Å². The average molecular weight is 248 g/mol. The number of likely N-dealkylation sites (N-methyl/N-ethyl adjacent to an activating group) is 1. The molecule has 4 heteroatoms. The van der Waals surface area contributed by atoms with Crippen LogP contribution in [0.25, 0.3) is 0 Å². The maximum Gasteiger partial charge on any atom is 0.333 e. The van der Waals surface area contributed by atoms with E-state index in [4.69, 9.17) is 4.74 Å². The van der Waals surface area contributed by atoms with Crippen molar-refractivity contribution in [3.63, 3.8) is 0 Å². The molecular formula is C14H20N2O2. The highest BCUT2D eigenvalue weighted by atomic mass is 16.5. The van der Waals surface area contributed by atoms with E-state index in [0.29, 0.717) is 13.0 Å². The maximum atomic E-state index is 11.4. The van der Waals surface area contributed by atoms with Crippen LogP contribution in [-0.2, 0) is 16.1 Å². The van der Waals surface area contributed by atoms with Gasteiger partial charge in [-0.05, 0) is 25.1 Å². The molecule has 0 saturated carbocycles. The van der Waals surface area contributed by atoms with Crippen LogP contribution in [0.3, 0.4) is 0 Å². The number of ether oxygens (including phenoxy) is 1. The van der Waals surface area contributed by atoms with Crippen LogP contribution in [-0.4, -0.2) is 36.6 Å². The lowest BCUT2D eigenvalue weighted by Gasteiger charge is -2.14. The quantitative estimate of drug-likeness (QED) is 0.570. The molecule has 0 aliphatic carbocycles. The molecule has 0 saturated heterocycles. The number of methoxy groups -OCH3 is 1. The normalized spacial score (nSPS) is 11.7. The van der Waals surface area contributed by atoms with Gasteiger partial charge in [-0.15, -0.1) is 0 Å². The van der Waals surface area contributed by atoms with Gasteiger partial charge in [-0.25, -0.2) is 4.79 Å². The Hall–Kier alpha value is -1.68. The van der Waals surface area contributed by atoms with E-state index in [2.05, 4.69) is 9.88 Å². The van der Waals surface area contributed by atoms with Crippen molar-refractivity contribution in [1.29, 1.82) is 0 Å². The Morgan fingerprint density at radius 1 is 1.56 bits per heavy atom. The lowest BCUT2D eigenvalue weighted by atomic mass is 10.2. The Bertz CT molecular complexity index is 402. The summed E-state index contributed by atoms with van der Waals surface area (Å²) in [4.78, 5) is 17.6. The SMILES string of the molecule is CCC(=CCN(C)Cc1cccnc1)C(=O)OC. The fraction of sp³-hybridized carbons (Fsp3) is 0.429. The van der Waals surface area contributed by atoms with E-state index in [1.807, 2.05) is 38.4 Å². The Balaban J connectivity index is 2.52. The van der Waals surface area contributed by atoms with Crippen molar-refractivity contribution in [1.82, 2.24) is 9.88 Å². The standard InChI is InChI=1S/C14H20N2O2/c1-4-13(14(17)18-3)7-9-16(2)11-12-6-5-8-15-10-12/h5-8,10H,4,9,11H2,1-3H3. The number of esters is 1. The minimum Gasteiger partial charge on any atom is -0.466 e. The molecule has 0 aromatic carbocycles. The van der Waals surface area contributed by atoms with Crippen LogP contribution < -0.4 is 0 Å². The number of aromatic nitrogens is 1. The summed E-state index contributed by atoms with van der Waals surface area (Å²) in [5.41, 5.74) is 1.88. The summed E-state index contributed by atoms with van der Waals surface area (Å²) in [5.74, 6) is -0.243. The number of pyridine rings is 1. The van der Waals surface area contributed by atoms with Gasteiger partial charge < -0.3 is 4.74 Å². The molecule has 0 atom stereocenters. The van der Waals surface area contributed by atoms with E-state index in [1.54, 1.807) is 6.20 Å². The van der Waals surface area contributed by atoms with Crippen molar-refractivity contribution in [2.24, 2.45) is 0 Å². The largest absolute Gasteiger partial charge is 0.466 e. The maximum absolute atomic E-state index is 11.4. The van der Waals surface area contributed by atoms with Crippen LogP contribution >= 0.6 is 0 Å². The second-order valence-electron chi connectivity index (χ2n) is 4.13. The number of nitrogens with zero attached hydrogens (tertiary/aromatic N) is 2. The molecule has 0 amide bonds. The van der Waals surface area contributed by atoms with E-state index in [-0.39, 0.29) is 5.97 Å². The predicted molar refractivity (Wildman–Crippen MR) is 71.0 cm³/mol. The van der Waals surface area contributed by atoms with E-state index in [0.717, 1.165) is 17.7 Å². The molecule has 1 aromatic heterocycles. The fourth-order valence-electron chi connectivity index (χ4n) is 1.64. The highest BCUT2D eigenvalue weighted by Crippen LogP contribution is 2.05. The molecule has 0 bridgehead atoms. The van der Waals surface area contributed by atoms with E-state index >= 15 is 0 Å². The molecule has 1 rings (SSSR count). The van der Waals surface area contributed by atoms with Gasteiger partial charge in [-0.1, -0.05) is 19.1 Å². The molecule has 4 nitrogen and oxygen atoms in total. The molecule has 0 unspecified atom stereocenters. The number of hydrogen-bond acceptors (Lipinski definition) is 4. The highest BCUT2D eigenvalue weighted by Gasteiger charge is 2.07. The van der Waals surface area contributed by atoms with Crippen LogP contribution in [0.1, 0.15) is 18.9 Å². The first kappa shape index (κ1) is 14.4. The molecule has 98 valence electrons. The van der Waals surface area contributed by atoms with E-state index < -0.39 is 0 Å². The van der Waals surface area contributed by atoms with Gasteiger partial charge in [0.25, 0.3) is 0 Å². The van der Waals surface area contributed by atoms with E-state index in [9.17, 15) is 4.79 Å². The summed E-state index contributed by atoms with van der Waals surface area (Å²) >= 11 is 0. The molecule has 1 heterocycles. The Morgan fingerprint density at radius 3 is 2.89 bits per heavy atom. The van der Waals surface area contributed by atoms with Gasteiger partial charge in [0.1, 0.15) is 0 Å². The van der Waals surface area contributed by atoms with Gasteiger partial charge in [0.05, 0.1) is 7.11 Å². The third-order valence-electron chi connectivity index (χ3n) is 2.65. The molecule has 0 spiro atoms. The topological polar surface area (TPSA) is 42.4 Å². The molecule has 0 aliphatic rings. The van der Waals surface area contributed by atoms with Crippen LogP contribution in [0.15, 0.2) is 36.2 Å². The van der Waals surface area contributed by atoms with Crippen molar-refractivity contribution in [3.05, 3.63) is 41.7 Å². The molecule has 18 heavy (non-hydrogen) atoms.